The second kappa shape index (κ2) is 18.5. The first-order valence-electron chi connectivity index (χ1n) is 16.7. The molecule has 3 unspecified atom stereocenters. The van der Waals surface area contributed by atoms with Crippen molar-refractivity contribution in [1.82, 2.24) is 10.8 Å². The van der Waals surface area contributed by atoms with Gasteiger partial charge in [-0.3, -0.25) is 19.6 Å². The molecule has 10 nitrogen and oxygen atoms in total. The highest BCUT2D eigenvalue weighted by molar-refractivity contribution is 7.99. The molecule has 0 spiro atoms. The number of benzene rings is 4. The Morgan fingerprint density at radius 1 is 0.800 bits per heavy atom. The minimum atomic E-state index is -0.576. The zero-order valence-corrected chi connectivity index (χ0v) is 28.8. The summed E-state index contributed by atoms with van der Waals surface area (Å²) in [5.41, 5.74) is 8.14. The van der Waals surface area contributed by atoms with Crippen LogP contribution in [0.3, 0.4) is 0 Å². The summed E-state index contributed by atoms with van der Waals surface area (Å²) in [6.07, 6.45) is 1.39. The molecule has 5 rings (SSSR count). The summed E-state index contributed by atoms with van der Waals surface area (Å²) in [5.74, 6) is 0.0695. The molecule has 11 heteroatoms. The van der Waals surface area contributed by atoms with Crippen LogP contribution in [0.1, 0.15) is 73.7 Å². The first-order valence-corrected chi connectivity index (χ1v) is 17.7. The lowest BCUT2D eigenvalue weighted by Gasteiger charge is -2.36. The van der Waals surface area contributed by atoms with Crippen molar-refractivity contribution in [1.29, 1.82) is 0 Å². The van der Waals surface area contributed by atoms with E-state index in [4.69, 9.17) is 14.7 Å². The maximum Gasteiger partial charge on any atom is 0.243 e. The van der Waals surface area contributed by atoms with Crippen molar-refractivity contribution < 1.29 is 34.2 Å². The number of hydrogen-bond donors (Lipinski definition) is 5. The van der Waals surface area contributed by atoms with Crippen LogP contribution in [-0.2, 0) is 37.0 Å². The van der Waals surface area contributed by atoms with E-state index in [0.717, 1.165) is 44.0 Å². The van der Waals surface area contributed by atoms with Gasteiger partial charge in [-0.25, -0.2) is 5.48 Å². The molecular formula is C39H43N3O7S. The maximum absolute atomic E-state index is 12.3. The summed E-state index contributed by atoms with van der Waals surface area (Å²) in [6.45, 7) is 1.87. The summed E-state index contributed by atoms with van der Waals surface area (Å²) in [7, 11) is 0. The predicted octanol–water partition coefficient (Wildman–Crippen LogP) is 6.82. The summed E-state index contributed by atoms with van der Waals surface area (Å²) >= 11 is 1.69. The van der Waals surface area contributed by atoms with Crippen LogP contribution in [0.4, 0.5) is 5.69 Å². The lowest BCUT2D eigenvalue weighted by molar-refractivity contribution is -0.245. The molecule has 3 amide bonds. The third-order valence-electron chi connectivity index (χ3n) is 8.34. The standard InChI is InChI=1S/C39H43N3O7S/c1-26(44)41-33-17-19-35(20-18-33)50-25-34-22-36(30-11-9-27(24-43)10-12-30)49-39(48-34)31-15-13-29(14-16-31)32-6-4-5-28(21-32)23-40-37(45)7-2-3-8-38(46)42-47/h4-6,9-21,34,36,39,43,47H,2-3,7-8,22-25H2,1H3,(H,40,45)(H,41,44)(H,42,46). The third-order valence-corrected chi connectivity index (χ3v) is 9.48. The van der Waals surface area contributed by atoms with Crippen LogP contribution >= 0.6 is 11.8 Å². The van der Waals surface area contributed by atoms with E-state index in [1.165, 1.54) is 6.92 Å². The molecule has 3 atom stereocenters. The van der Waals surface area contributed by atoms with Gasteiger partial charge in [0.25, 0.3) is 0 Å². The van der Waals surface area contributed by atoms with E-state index >= 15 is 0 Å². The van der Waals surface area contributed by atoms with Crippen molar-refractivity contribution >= 4 is 35.2 Å². The van der Waals surface area contributed by atoms with Crippen LogP contribution in [0.15, 0.2) is 102 Å². The van der Waals surface area contributed by atoms with Gasteiger partial charge in [0.1, 0.15) is 0 Å². The van der Waals surface area contributed by atoms with Crippen LogP contribution in [0.2, 0.25) is 0 Å². The molecule has 5 N–H and O–H groups in total. The molecule has 262 valence electrons. The summed E-state index contributed by atoms with van der Waals surface area (Å²) in [4.78, 5) is 35.9. The van der Waals surface area contributed by atoms with Crippen LogP contribution in [0.5, 0.6) is 0 Å². The molecule has 1 aliphatic rings. The molecule has 0 radical (unpaired) electrons. The molecule has 50 heavy (non-hydrogen) atoms. The zero-order chi connectivity index (χ0) is 35.3. The Labute approximate surface area is 296 Å². The summed E-state index contributed by atoms with van der Waals surface area (Å²) in [6, 6.07) is 31.7. The first-order chi connectivity index (χ1) is 24.3. The number of carbonyl (C=O) groups is 3. The molecule has 4 aromatic rings. The van der Waals surface area contributed by atoms with Crippen LogP contribution in [-0.4, -0.2) is 39.9 Å². The van der Waals surface area contributed by atoms with Crippen LogP contribution in [0, 0.1) is 0 Å². The van der Waals surface area contributed by atoms with Gasteiger partial charge < -0.3 is 25.2 Å². The normalized spacial score (nSPS) is 17.1. The van der Waals surface area contributed by atoms with Gasteiger partial charge in [0.2, 0.25) is 17.7 Å². The second-order valence-electron chi connectivity index (χ2n) is 12.2. The molecule has 0 aliphatic carbocycles. The number of hydroxylamine groups is 1. The largest absolute Gasteiger partial charge is 0.392 e. The molecule has 4 aromatic carbocycles. The third kappa shape index (κ3) is 11.0. The van der Waals surface area contributed by atoms with Gasteiger partial charge in [-0.15, -0.1) is 11.8 Å². The number of rotatable bonds is 15. The van der Waals surface area contributed by atoms with E-state index in [9.17, 15) is 19.5 Å². The Morgan fingerprint density at radius 3 is 2.18 bits per heavy atom. The van der Waals surface area contributed by atoms with Crippen molar-refractivity contribution in [2.24, 2.45) is 0 Å². The fourth-order valence-corrected chi connectivity index (χ4v) is 6.58. The lowest BCUT2D eigenvalue weighted by atomic mass is 9.99. The minimum absolute atomic E-state index is 0.0174. The van der Waals surface area contributed by atoms with Gasteiger partial charge in [0.15, 0.2) is 6.29 Å². The number of aliphatic hydroxyl groups excluding tert-OH is 1. The first kappa shape index (κ1) is 36.8. The van der Waals surface area contributed by atoms with E-state index in [1.807, 2.05) is 91.0 Å². The lowest BCUT2D eigenvalue weighted by Crippen LogP contribution is -2.31. The SMILES string of the molecule is CC(=O)Nc1ccc(SCC2CC(c3ccc(CO)cc3)OC(c3ccc(-c4cccc(CNC(=O)CCCCC(=O)NO)c4)cc3)O2)cc1. The smallest absolute Gasteiger partial charge is 0.243 e. The van der Waals surface area contributed by atoms with E-state index in [-0.39, 0.29) is 37.0 Å². The fraction of sp³-hybridized carbons (Fsp3) is 0.308. The number of unbranched alkanes of at least 4 members (excludes halogenated alkanes) is 1. The second-order valence-corrected chi connectivity index (χ2v) is 13.3. The molecule has 1 heterocycles. The average Bonchev–Trinajstić information content (AvgIpc) is 3.15. The molecule has 1 fully saturated rings. The quantitative estimate of drug-likeness (QED) is 0.0394. The molecule has 0 saturated carbocycles. The number of thioether (sulfide) groups is 1. The fourth-order valence-electron chi connectivity index (χ4n) is 5.66. The van der Waals surface area contributed by atoms with E-state index in [2.05, 4.69) is 16.7 Å². The predicted molar refractivity (Wildman–Crippen MR) is 192 cm³/mol. The van der Waals surface area contributed by atoms with Crippen LogP contribution < -0.4 is 16.1 Å². The van der Waals surface area contributed by atoms with Gasteiger partial charge in [-0.1, -0.05) is 66.7 Å². The number of amides is 3. The Bertz CT molecular complexity index is 1720. The highest BCUT2D eigenvalue weighted by Gasteiger charge is 2.32. The Hall–Kier alpha value is -4.52. The zero-order valence-electron chi connectivity index (χ0n) is 28.0. The van der Waals surface area contributed by atoms with E-state index < -0.39 is 12.2 Å². The van der Waals surface area contributed by atoms with Gasteiger partial charge in [-0.05, 0) is 71.0 Å². The van der Waals surface area contributed by atoms with Crippen molar-refractivity contribution in [3.05, 3.63) is 119 Å². The van der Waals surface area contributed by atoms with Gasteiger partial charge in [0, 0.05) is 54.6 Å². The molecule has 0 aromatic heterocycles. The highest BCUT2D eigenvalue weighted by atomic mass is 32.2. The minimum Gasteiger partial charge on any atom is -0.392 e. The average molecular weight is 698 g/mol. The van der Waals surface area contributed by atoms with E-state index in [1.54, 1.807) is 17.2 Å². The Kier molecular flexibility index (Phi) is 13.6. The Balaban J connectivity index is 1.22. The van der Waals surface area contributed by atoms with E-state index in [0.29, 0.717) is 38.0 Å². The van der Waals surface area contributed by atoms with Crippen molar-refractivity contribution in [3.63, 3.8) is 0 Å². The number of hydrogen-bond acceptors (Lipinski definition) is 8. The highest BCUT2D eigenvalue weighted by Crippen LogP contribution is 2.40. The monoisotopic (exact) mass is 697 g/mol. The number of anilines is 1. The maximum atomic E-state index is 12.3. The molecule has 1 saturated heterocycles. The topological polar surface area (TPSA) is 146 Å². The summed E-state index contributed by atoms with van der Waals surface area (Å²) in [5, 5.41) is 23.8. The number of ether oxygens (including phenoxy) is 2. The van der Waals surface area contributed by atoms with Crippen molar-refractivity contribution in [2.75, 3.05) is 11.1 Å². The van der Waals surface area contributed by atoms with Crippen molar-refractivity contribution in [3.8, 4) is 11.1 Å². The number of carbonyl (C=O) groups excluding carboxylic acids is 3. The summed E-state index contributed by atoms with van der Waals surface area (Å²) < 4.78 is 13.1. The van der Waals surface area contributed by atoms with Gasteiger partial charge in [0.05, 0.1) is 18.8 Å². The Morgan fingerprint density at radius 2 is 1.50 bits per heavy atom. The van der Waals surface area contributed by atoms with Gasteiger partial charge >= 0.3 is 0 Å². The molecule has 1 aliphatic heterocycles. The molecule has 0 bridgehead atoms. The van der Waals surface area contributed by atoms with Crippen molar-refractivity contribution in [2.45, 2.75) is 75.6 Å². The number of nitrogens with one attached hydrogen (secondary N) is 3. The number of aliphatic hydroxyl groups is 1. The van der Waals surface area contributed by atoms with Crippen LogP contribution in [0.25, 0.3) is 11.1 Å². The van der Waals surface area contributed by atoms with Gasteiger partial charge in [-0.2, -0.15) is 0 Å². The molecular weight excluding hydrogens is 655 g/mol.